The molecule has 0 aliphatic carbocycles. The standard InChI is InChI=1S/C23H26N4O4S/c1-2-31-22-21(17-24-27(23(22)28)20-11-7-4-8-12-20)25-13-15-26(16-14-25)32(29,30)18-19-9-5-3-6-10-19/h3-12,17H,2,13-16,18H2,1H3. The normalized spacial score (nSPS) is 15.0. The van der Waals surface area contributed by atoms with E-state index in [1.807, 2.05) is 60.4 Å². The molecular formula is C23H26N4O4S. The summed E-state index contributed by atoms with van der Waals surface area (Å²) in [4.78, 5) is 15.1. The molecule has 1 saturated heterocycles. The van der Waals surface area contributed by atoms with Crippen LogP contribution in [0.5, 0.6) is 5.75 Å². The highest BCUT2D eigenvalue weighted by molar-refractivity contribution is 7.88. The number of nitrogens with zero attached hydrogens (tertiary/aromatic N) is 4. The molecule has 2 aromatic carbocycles. The molecule has 0 radical (unpaired) electrons. The second-order valence-electron chi connectivity index (χ2n) is 7.47. The van der Waals surface area contributed by atoms with Crippen molar-refractivity contribution in [3.8, 4) is 11.4 Å². The molecule has 32 heavy (non-hydrogen) atoms. The molecule has 0 saturated carbocycles. The number of piperazine rings is 1. The predicted octanol–water partition coefficient (Wildman–Crippen LogP) is 2.28. The van der Waals surface area contributed by atoms with Crippen molar-refractivity contribution in [2.45, 2.75) is 12.7 Å². The molecule has 4 rings (SSSR count). The van der Waals surface area contributed by atoms with E-state index >= 15 is 0 Å². The fourth-order valence-corrected chi connectivity index (χ4v) is 5.29. The van der Waals surface area contributed by atoms with Crippen molar-refractivity contribution in [2.24, 2.45) is 0 Å². The molecule has 8 nitrogen and oxygen atoms in total. The summed E-state index contributed by atoms with van der Waals surface area (Å²) in [5.41, 5.74) is 1.67. The molecule has 0 amide bonds. The number of hydrogen-bond donors (Lipinski definition) is 0. The minimum absolute atomic E-state index is 0.0211. The van der Waals surface area contributed by atoms with Crippen molar-refractivity contribution < 1.29 is 13.2 Å². The third kappa shape index (κ3) is 4.68. The van der Waals surface area contributed by atoms with Gasteiger partial charge in [0.15, 0.2) is 0 Å². The van der Waals surface area contributed by atoms with Crippen molar-refractivity contribution in [2.75, 3.05) is 37.7 Å². The van der Waals surface area contributed by atoms with Gasteiger partial charge in [-0.2, -0.15) is 14.1 Å². The molecule has 1 fully saturated rings. The summed E-state index contributed by atoms with van der Waals surface area (Å²) in [7, 11) is -3.42. The number of benzene rings is 2. The summed E-state index contributed by atoms with van der Waals surface area (Å²) in [6.45, 7) is 3.73. The lowest BCUT2D eigenvalue weighted by molar-refractivity contribution is 0.329. The van der Waals surface area contributed by atoms with E-state index in [1.165, 1.54) is 8.99 Å². The van der Waals surface area contributed by atoms with Crippen LogP contribution in [0.4, 0.5) is 5.69 Å². The number of anilines is 1. The molecule has 0 N–H and O–H groups in total. The quantitative estimate of drug-likeness (QED) is 0.545. The van der Waals surface area contributed by atoms with Gasteiger partial charge in [0, 0.05) is 26.2 Å². The number of ether oxygens (including phenoxy) is 1. The molecule has 1 aliphatic heterocycles. The van der Waals surface area contributed by atoms with Crippen LogP contribution < -0.4 is 15.2 Å². The van der Waals surface area contributed by atoms with Crippen LogP contribution in [0.15, 0.2) is 71.7 Å². The van der Waals surface area contributed by atoms with Crippen LogP contribution in [-0.4, -0.2) is 55.3 Å². The van der Waals surface area contributed by atoms with E-state index in [2.05, 4.69) is 5.10 Å². The van der Waals surface area contributed by atoms with Gasteiger partial charge in [-0.05, 0) is 24.6 Å². The van der Waals surface area contributed by atoms with E-state index in [-0.39, 0.29) is 17.1 Å². The van der Waals surface area contributed by atoms with Gasteiger partial charge in [-0.25, -0.2) is 8.42 Å². The lowest BCUT2D eigenvalue weighted by Crippen LogP contribution is -2.49. The summed E-state index contributed by atoms with van der Waals surface area (Å²) in [6, 6.07) is 18.3. The Morgan fingerprint density at radius 3 is 2.19 bits per heavy atom. The zero-order valence-electron chi connectivity index (χ0n) is 17.9. The molecule has 1 aromatic heterocycles. The van der Waals surface area contributed by atoms with Gasteiger partial charge in [0.25, 0.3) is 0 Å². The zero-order valence-corrected chi connectivity index (χ0v) is 18.7. The average molecular weight is 455 g/mol. The summed E-state index contributed by atoms with van der Waals surface area (Å²) in [5, 5.41) is 4.34. The van der Waals surface area contributed by atoms with Crippen molar-refractivity contribution in [1.29, 1.82) is 0 Å². The van der Waals surface area contributed by atoms with Gasteiger partial charge in [-0.3, -0.25) is 4.79 Å². The first-order valence-corrected chi connectivity index (χ1v) is 12.2. The summed E-state index contributed by atoms with van der Waals surface area (Å²) in [6.07, 6.45) is 1.62. The number of sulfonamides is 1. The van der Waals surface area contributed by atoms with Crippen molar-refractivity contribution >= 4 is 15.7 Å². The van der Waals surface area contributed by atoms with E-state index < -0.39 is 10.0 Å². The van der Waals surface area contributed by atoms with Gasteiger partial charge < -0.3 is 9.64 Å². The highest BCUT2D eigenvalue weighted by Gasteiger charge is 2.29. The van der Waals surface area contributed by atoms with E-state index in [1.54, 1.807) is 18.3 Å². The smallest absolute Gasteiger partial charge is 0.316 e. The Morgan fingerprint density at radius 2 is 1.56 bits per heavy atom. The first-order valence-electron chi connectivity index (χ1n) is 10.6. The topological polar surface area (TPSA) is 84.7 Å². The van der Waals surface area contributed by atoms with Gasteiger partial charge in [0.1, 0.15) is 5.69 Å². The molecule has 0 atom stereocenters. The monoisotopic (exact) mass is 454 g/mol. The maximum absolute atomic E-state index is 13.1. The van der Waals surface area contributed by atoms with Crippen molar-refractivity contribution in [3.05, 3.63) is 82.8 Å². The van der Waals surface area contributed by atoms with Crippen LogP contribution >= 0.6 is 0 Å². The Bertz CT molecular complexity index is 1210. The molecule has 2 heterocycles. The van der Waals surface area contributed by atoms with Crippen LogP contribution in [0.25, 0.3) is 5.69 Å². The lowest BCUT2D eigenvalue weighted by atomic mass is 10.2. The number of aromatic nitrogens is 2. The maximum atomic E-state index is 13.1. The van der Waals surface area contributed by atoms with E-state index in [0.29, 0.717) is 44.2 Å². The minimum Gasteiger partial charge on any atom is -0.487 e. The number of hydrogen-bond acceptors (Lipinski definition) is 6. The third-order valence-electron chi connectivity index (χ3n) is 5.37. The Labute approximate surface area is 187 Å². The average Bonchev–Trinajstić information content (AvgIpc) is 2.81. The SMILES string of the molecule is CCOc1c(N2CCN(S(=O)(=O)Cc3ccccc3)CC2)cnn(-c2ccccc2)c1=O. The van der Waals surface area contributed by atoms with Crippen LogP contribution in [0.3, 0.4) is 0 Å². The molecule has 0 spiro atoms. The van der Waals surface area contributed by atoms with Crippen molar-refractivity contribution in [3.63, 3.8) is 0 Å². The first kappa shape index (κ1) is 22.0. The molecular weight excluding hydrogens is 428 g/mol. The fraction of sp³-hybridized carbons (Fsp3) is 0.304. The molecule has 168 valence electrons. The molecule has 0 unspecified atom stereocenters. The van der Waals surface area contributed by atoms with E-state index in [4.69, 9.17) is 4.74 Å². The number of para-hydroxylation sites is 1. The second-order valence-corrected chi connectivity index (χ2v) is 9.44. The van der Waals surface area contributed by atoms with Gasteiger partial charge in [0.05, 0.1) is 24.2 Å². The largest absolute Gasteiger partial charge is 0.487 e. The second kappa shape index (κ2) is 9.54. The van der Waals surface area contributed by atoms with E-state index in [9.17, 15) is 13.2 Å². The lowest BCUT2D eigenvalue weighted by Gasteiger charge is -2.35. The first-order chi connectivity index (χ1) is 15.5. The maximum Gasteiger partial charge on any atom is 0.316 e. The molecule has 1 aliphatic rings. The van der Waals surface area contributed by atoms with Crippen molar-refractivity contribution in [1.82, 2.24) is 14.1 Å². The molecule has 9 heteroatoms. The summed E-state index contributed by atoms with van der Waals surface area (Å²) >= 11 is 0. The van der Waals surface area contributed by atoms with Gasteiger partial charge in [0.2, 0.25) is 15.8 Å². The van der Waals surface area contributed by atoms with Gasteiger partial charge in [-0.1, -0.05) is 48.5 Å². The molecule has 3 aromatic rings. The Kier molecular flexibility index (Phi) is 6.57. The fourth-order valence-electron chi connectivity index (χ4n) is 3.77. The zero-order chi connectivity index (χ0) is 22.6. The van der Waals surface area contributed by atoms with E-state index in [0.717, 1.165) is 5.56 Å². The summed E-state index contributed by atoms with van der Waals surface area (Å²) in [5.74, 6) is 0.208. The Morgan fingerprint density at radius 1 is 0.938 bits per heavy atom. The minimum atomic E-state index is -3.42. The van der Waals surface area contributed by atoms with Crippen LogP contribution in [-0.2, 0) is 15.8 Å². The highest BCUT2D eigenvalue weighted by Crippen LogP contribution is 2.26. The third-order valence-corrected chi connectivity index (χ3v) is 7.22. The highest BCUT2D eigenvalue weighted by atomic mass is 32.2. The van der Waals surface area contributed by atoms with Crippen LogP contribution in [0, 0.1) is 0 Å². The number of rotatable bonds is 7. The Balaban J connectivity index is 1.53. The Hall–Kier alpha value is -3.17. The predicted molar refractivity (Wildman–Crippen MR) is 124 cm³/mol. The summed E-state index contributed by atoms with van der Waals surface area (Å²) < 4.78 is 34.2. The molecule has 0 bridgehead atoms. The van der Waals surface area contributed by atoms with Gasteiger partial charge >= 0.3 is 5.56 Å². The van der Waals surface area contributed by atoms with Gasteiger partial charge in [-0.15, -0.1) is 0 Å². The van der Waals surface area contributed by atoms with Crippen LogP contribution in [0.1, 0.15) is 12.5 Å². The van der Waals surface area contributed by atoms with Crippen LogP contribution in [0.2, 0.25) is 0 Å².